The fourth-order valence-corrected chi connectivity index (χ4v) is 3.35. The molecule has 26 heavy (non-hydrogen) atoms. The van der Waals surface area contributed by atoms with Gasteiger partial charge in [-0.2, -0.15) is 0 Å². The summed E-state index contributed by atoms with van der Waals surface area (Å²) >= 11 is 0. The molecule has 1 amide bonds. The summed E-state index contributed by atoms with van der Waals surface area (Å²) in [6.45, 7) is 5.25. The van der Waals surface area contributed by atoms with E-state index in [1.54, 1.807) is 31.9 Å². The molecule has 0 radical (unpaired) electrons. The Hall–Kier alpha value is -2.54. The third kappa shape index (κ3) is 3.99. The van der Waals surface area contributed by atoms with Gasteiger partial charge >= 0.3 is 0 Å². The van der Waals surface area contributed by atoms with Crippen LogP contribution in [0.4, 0.5) is 5.82 Å². The van der Waals surface area contributed by atoms with Crippen molar-refractivity contribution in [2.24, 2.45) is 0 Å². The van der Waals surface area contributed by atoms with E-state index in [-0.39, 0.29) is 18.1 Å². The minimum Gasteiger partial charge on any atom is -0.380 e. The van der Waals surface area contributed by atoms with Crippen molar-refractivity contribution in [2.45, 2.75) is 38.8 Å². The summed E-state index contributed by atoms with van der Waals surface area (Å²) in [5, 5.41) is 3.07. The third-order valence-corrected chi connectivity index (χ3v) is 4.82. The first kappa shape index (κ1) is 18.3. The Morgan fingerprint density at radius 2 is 2.27 bits per heavy atom. The molecule has 1 aliphatic heterocycles. The van der Waals surface area contributed by atoms with Crippen molar-refractivity contribution < 1.29 is 9.53 Å². The number of ether oxygens (including phenoxy) is 1. The number of rotatable bonds is 6. The number of hydrogen-bond donors (Lipinski definition) is 1. The molecule has 138 valence electrons. The smallest absolute Gasteiger partial charge is 0.251 e. The number of anilines is 1. The van der Waals surface area contributed by atoms with Gasteiger partial charge in [0, 0.05) is 49.9 Å². The maximum Gasteiger partial charge on any atom is 0.251 e. The highest BCUT2D eigenvalue weighted by Crippen LogP contribution is 2.25. The molecular formula is C19H25N5O2. The van der Waals surface area contributed by atoms with Gasteiger partial charge in [-0.3, -0.25) is 9.78 Å². The fraction of sp³-hybridized carbons (Fsp3) is 0.474. The molecule has 1 aliphatic rings. The van der Waals surface area contributed by atoms with Crippen molar-refractivity contribution in [3.8, 4) is 0 Å². The molecule has 1 saturated heterocycles. The van der Waals surface area contributed by atoms with Gasteiger partial charge in [-0.05, 0) is 31.4 Å². The van der Waals surface area contributed by atoms with Crippen molar-refractivity contribution in [2.75, 3.05) is 25.1 Å². The van der Waals surface area contributed by atoms with Crippen LogP contribution in [0.1, 0.15) is 35.0 Å². The van der Waals surface area contributed by atoms with Crippen LogP contribution in [0.2, 0.25) is 0 Å². The predicted octanol–water partition coefficient (Wildman–Crippen LogP) is 1.77. The molecule has 0 spiro atoms. The summed E-state index contributed by atoms with van der Waals surface area (Å²) in [5.41, 5.74) is 2.56. The van der Waals surface area contributed by atoms with E-state index in [2.05, 4.69) is 25.2 Å². The van der Waals surface area contributed by atoms with Gasteiger partial charge in [-0.25, -0.2) is 9.97 Å². The van der Waals surface area contributed by atoms with Crippen LogP contribution >= 0.6 is 0 Å². The van der Waals surface area contributed by atoms with Crippen LogP contribution in [0, 0.1) is 6.92 Å². The summed E-state index contributed by atoms with van der Waals surface area (Å²) in [6.07, 6.45) is 6.72. The number of nitrogens with one attached hydrogen (secondary N) is 1. The number of carbonyl (C=O) groups is 1. The van der Waals surface area contributed by atoms with Crippen LogP contribution < -0.4 is 10.2 Å². The van der Waals surface area contributed by atoms with Gasteiger partial charge in [0.2, 0.25) is 0 Å². The normalized spacial score (nSPS) is 19.6. The SMILES string of the molecule is CCc1cnccc1C(=O)NC[C@@H]1C[C@H](OC)CN1c1cc(C)ncn1. The summed E-state index contributed by atoms with van der Waals surface area (Å²) in [6, 6.07) is 3.86. The number of carbonyl (C=O) groups excluding carboxylic acids is 1. The van der Waals surface area contributed by atoms with Gasteiger partial charge in [0.25, 0.3) is 5.91 Å². The molecule has 0 aromatic carbocycles. The van der Waals surface area contributed by atoms with Gasteiger partial charge in [0.1, 0.15) is 12.1 Å². The van der Waals surface area contributed by atoms with E-state index in [0.29, 0.717) is 12.1 Å². The van der Waals surface area contributed by atoms with E-state index in [1.807, 2.05) is 19.9 Å². The monoisotopic (exact) mass is 355 g/mol. The predicted molar refractivity (Wildman–Crippen MR) is 99.3 cm³/mol. The molecule has 0 unspecified atom stereocenters. The van der Waals surface area contributed by atoms with Crippen LogP contribution in [0.25, 0.3) is 0 Å². The number of aromatic nitrogens is 3. The standard InChI is InChI=1S/C19H25N5O2/c1-4-14-9-20-6-5-17(14)19(25)21-10-15-8-16(26-3)11-24(15)18-7-13(2)22-12-23-18/h5-7,9,12,15-16H,4,8,10-11H2,1-3H3,(H,21,25)/t15-,16-/m0/s1. The Kier molecular flexibility index (Phi) is 5.78. The summed E-state index contributed by atoms with van der Waals surface area (Å²) in [4.78, 5) is 27.5. The lowest BCUT2D eigenvalue weighted by atomic mass is 10.1. The van der Waals surface area contributed by atoms with Crippen LogP contribution in [0.15, 0.2) is 30.9 Å². The van der Waals surface area contributed by atoms with E-state index in [1.165, 1.54) is 0 Å². The lowest BCUT2D eigenvalue weighted by Gasteiger charge is -2.25. The zero-order valence-electron chi connectivity index (χ0n) is 15.5. The first-order valence-corrected chi connectivity index (χ1v) is 8.91. The van der Waals surface area contributed by atoms with Gasteiger partial charge in [0.15, 0.2) is 0 Å². The molecule has 0 saturated carbocycles. The van der Waals surface area contributed by atoms with Crippen molar-refractivity contribution >= 4 is 11.7 Å². The highest BCUT2D eigenvalue weighted by molar-refractivity contribution is 5.95. The first-order chi connectivity index (χ1) is 12.6. The minimum absolute atomic E-state index is 0.0658. The average Bonchev–Trinajstić information content (AvgIpc) is 3.09. The van der Waals surface area contributed by atoms with E-state index in [4.69, 9.17) is 4.74 Å². The molecule has 2 atom stereocenters. The highest BCUT2D eigenvalue weighted by Gasteiger charge is 2.33. The van der Waals surface area contributed by atoms with E-state index >= 15 is 0 Å². The number of hydrogen-bond acceptors (Lipinski definition) is 6. The second-order valence-electron chi connectivity index (χ2n) is 6.51. The molecule has 0 aliphatic carbocycles. The van der Waals surface area contributed by atoms with E-state index in [9.17, 15) is 4.79 Å². The molecule has 1 N–H and O–H groups in total. The number of aryl methyl sites for hydroxylation is 2. The van der Waals surface area contributed by atoms with Crippen molar-refractivity contribution in [3.63, 3.8) is 0 Å². The van der Waals surface area contributed by atoms with Crippen LogP contribution in [-0.4, -0.2) is 53.2 Å². The summed E-state index contributed by atoms with van der Waals surface area (Å²) in [5.74, 6) is 0.804. The third-order valence-electron chi connectivity index (χ3n) is 4.82. The Morgan fingerprint density at radius 3 is 3.00 bits per heavy atom. The van der Waals surface area contributed by atoms with Crippen LogP contribution in [-0.2, 0) is 11.2 Å². The van der Waals surface area contributed by atoms with Gasteiger partial charge in [0.05, 0.1) is 12.1 Å². The zero-order valence-corrected chi connectivity index (χ0v) is 15.5. The lowest BCUT2D eigenvalue weighted by Crippen LogP contribution is -2.40. The summed E-state index contributed by atoms with van der Waals surface area (Å²) in [7, 11) is 1.72. The van der Waals surface area contributed by atoms with Gasteiger partial charge < -0.3 is 15.0 Å². The van der Waals surface area contributed by atoms with E-state index < -0.39 is 0 Å². The number of pyridine rings is 1. The van der Waals surface area contributed by atoms with Crippen molar-refractivity contribution in [1.29, 1.82) is 0 Å². The van der Waals surface area contributed by atoms with Gasteiger partial charge in [-0.1, -0.05) is 6.92 Å². The Balaban J connectivity index is 1.71. The maximum absolute atomic E-state index is 12.6. The second-order valence-corrected chi connectivity index (χ2v) is 6.51. The van der Waals surface area contributed by atoms with Crippen LogP contribution in [0.5, 0.6) is 0 Å². The topological polar surface area (TPSA) is 80.2 Å². The number of amides is 1. The first-order valence-electron chi connectivity index (χ1n) is 8.91. The molecule has 0 bridgehead atoms. The molecule has 2 aromatic rings. The Morgan fingerprint density at radius 1 is 1.42 bits per heavy atom. The molecular weight excluding hydrogens is 330 g/mol. The Bertz CT molecular complexity index is 767. The second kappa shape index (κ2) is 8.23. The molecule has 7 nitrogen and oxygen atoms in total. The molecule has 3 rings (SSSR count). The molecule has 1 fully saturated rings. The van der Waals surface area contributed by atoms with Crippen molar-refractivity contribution in [1.82, 2.24) is 20.3 Å². The quantitative estimate of drug-likeness (QED) is 0.851. The summed E-state index contributed by atoms with van der Waals surface area (Å²) < 4.78 is 5.55. The fourth-order valence-electron chi connectivity index (χ4n) is 3.35. The highest BCUT2D eigenvalue weighted by atomic mass is 16.5. The molecule has 7 heteroatoms. The molecule has 3 heterocycles. The average molecular weight is 355 g/mol. The molecule has 2 aromatic heterocycles. The maximum atomic E-state index is 12.6. The minimum atomic E-state index is -0.0658. The van der Waals surface area contributed by atoms with Gasteiger partial charge in [-0.15, -0.1) is 0 Å². The van der Waals surface area contributed by atoms with Crippen molar-refractivity contribution in [3.05, 3.63) is 47.7 Å². The number of nitrogens with zero attached hydrogens (tertiary/aromatic N) is 4. The largest absolute Gasteiger partial charge is 0.380 e. The number of methoxy groups -OCH3 is 1. The zero-order chi connectivity index (χ0) is 18.5. The van der Waals surface area contributed by atoms with E-state index in [0.717, 1.165) is 36.5 Å². The van der Waals surface area contributed by atoms with Crippen LogP contribution in [0.3, 0.4) is 0 Å². The Labute approximate surface area is 153 Å². The lowest BCUT2D eigenvalue weighted by molar-refractivity contribution is 0.0945.